The molecule has 0 radical (unpaired) electrons. The first-order valence-corrected chi connectivity index (χ1v) is 8.33. The number of likely N-dealkylation sites (tertiary alicyclic amines) is 1. The van der Waals surface area contributed by atoms with E-state index in [4.69, 9.17) is 0 Å². The molecular formula is C18H22N4O. The summed E-state index contributed by atoms with van der Waals surface area (Å²) in [6.45, 7) is 4.87. The first kappa shape index (κ1) is 14.5. The number of carbonyl (C=O) groups excluding carboxylic acids is 1. The molecule has 0 spiro atoms. The van der Waals surface area contributed by atoms with Gasteiger partial charge in [-0.2, -0.15) is 0 Å². The minimum atomic E-state index is 0.242. The molecule has 1 atom stereocenters. The molecular weight excluding hydrogens is 288 g/mol. The first-order chi connectivity index (χ1) is 11.3. The third-order valence-electron chi connectivity index (χ3n) is 5.02. The Balaban J connectivity index is 1.34. The zero-order valence-corrected chi connectivity index (χ0v) is 13.3. The number of hydrogen-bond acceptors (Lipinski definition) is 3. The van der Waals surface area contributed by atoms with Gasteiger partial charge in [-0.05, 0) is 24.4 Å². The zero-order valence-electron chi connectivity index (χ0n) is 13.3. The monoisotopic (exact) mass is 310 g/mol. The molecule has 1 aromatic heterocycles. The summed E-state index contributed by atoms with van der Waals surface area (Å²) in [7, 11) is 0. The van der Waals surface area contributed by atoms with Gasteiger partial charge in [-0.1, -0.05) is 30.3 Å². The van der Waals surface area contributed by atoms with Crippen LogP contribution in [0.2, 0.25) is 0 Å². The largest absolute Gasteiger partial charge is 0.334 e. The molecule has 2 aliphatic rings. The van der Waals surface area contributed by atoms with Gasteiger partial charge in [0, 0.05) is 25.8 Å². The highest BCUT2D eigenvalue weighted by molar-refractivity contribution is 5.78. The average molecular weight is 310 g/mol. The molecule has 1 fully saturated rings. The van der Waals surface area contributed by atoms with Crippen LogP contribution in [0.1, 0.15) is 23.6 Å². The molecule has 0 aliphatic carbocycles. The van der Waals surface area contributed by atoms with E-state index in [1.165, 1.54) is 5.56 Å². The molecule has 0 bridgehead atoms. The summed E-state index contributed by atoms with van der Waals surface area (Å²) in [5.74, 6) is 0.804. The molecule has 5 nitrogen and oxygen atoms in total. The number of rotatable bonds is 3. The molecule has 5 heteroatoms. The van der Waals surface area contributed by atoms with Gasteiger partial charge in [-0.25, -0.2) is 4.98 Å². The summed E-state index contributed by atoms with van der Waals surface area (Å²) in [5, 5.41) is 0. The lowest BCUT2D eigenvalue weighted by Gasteiger charge is -2.29. The van der Waals surface area contributed by atoms with E-state index in [0.717, 1.165) is 38.3 Å². The smallest absolute Gasteiger partial charge is 0.237 e. The third kappa shape index (κ3) is 3.01. The molecule has 1 aromatic carbocycles. The van der Waals surface area contributed by atoms with E-state index in [-0.39, 0.29) is 5.91 Å². The Labute approximate surface area is 136 Å². The summed E-state index contributed by atoms with van der Waals surface area (Å²) in [6.07, 6.45) is 4.85. The zero-order chi connectivity index (χ0) is 15.6. The Hall–Kier alpha value is -2.14. The van der Waals surface area contributed by atoms with E-state index in [1.54, 1.807) is 0 Å². The van der Waals surface area contributed by atoms with Gasteiger partial charge in [-0.3, -0.25) is 9.69 Å². The summed E-state index contributed by atoms with van der Waals surface area (Å²) in [6, 6.07) is 10.6. The van der Waals surface area contributed by atoms with E-state index in [2.05, 4.69) is 44.8 Å². The molecule has 0 N–H and O–H groups in total. The van der Waals surface area contributed by atoms with Crippen LogP contribution in [0.5, 0.6) is 0 Å². The van der Waals surface area contributed by atoms with Gasteiger partial charge in [0.15, 0.2) is 0 Å². The van der Waals surface area contributed by atoms with Gasteiger partial charge < -0.3 is 9.47 Å². The Morgan fingerprint density at radius 3 is 2.91 bits per heavy atom. The standard InChI is InChI=1S/C18H22N4O/c23-18(21-8-9-22-14-19-10-17(22)12-21)13-20-7-6-16(11-20)15-4-2-1-3-5-15/h1-5,10,14,16H,6-9,11-13H2/t16-/m0/s1. The molecule has 23 heavy (non-hydrogen) atoms. The van der Waals surface area contributed by atoms with Gasteiger partial charge in [0.05, 0.1) is 25.1 Å². The molecule has 1 saturated heterocycles. The highest BCUT2D eigenvalue weighted by Crippen LogP contribution is 2.26. The number of imidazole rings is 1. The quantitative estimate of drug-likeness (QED) is 0.867. The SMILES string of the molecule is O=C(CN1CC[C@H](c2ccccc2)C1)N1CCn2cncc2C1. The Morgan fingerprint density at radius 1 is 1.17 bits per heavy atom. The Bertz CT molecular complexity index is 681. The highest BCUT2D eigenvalue weighted by atomic mass is 16.2. The number of carbonyl (C=O) groups is 1. The number of hydrogen-bond donors (Lipinski definition) is 0. The van der Waals surface area contributed by atoms with Crippen LogP contribution in [-0.2, 0) is 17.9 Å². The molecule has 4 rings (SSSR count). The van der Waals surface area contributed by atoms with Crippen LogP contribution in [0, 0.1) is 0 Å². The minimum Gasteiger partial charge on any atom is -0.334 e. The maximum Gasteiger partial charge on any atom is 0.237 e. The normalized spacial score (nSPS) is 21.4. The number of benzene rings is 1. The minimum absolute atomic E-state index is 0.242. The molecule has 0 unspecified atom stereocenters. The maximum absolute atomic E-state index is 12.6. The summed E-state index contributed by atoms with van der Waals surface area (Å²) < 4.78 is 2.13. The van der Waals surface area contributed by atoms with Gasteiger partial charge in [0.2, 0.25) is 5.91 Å². The second kappa shape index (κ2) is 6.16. The average Bonchev–Trinajstić information content (AvgIpc) is 3.24. The Morgan fingerprint density at radius 2 is 2.04 bits per heavy atom. The van der Waals surface area contributed by atoms with Crippen LogP contribution < -0.4 is 0 Å². The van der Waals surface area contributed by atoms with Crippen molar-refractivity contribution >= 4 is 5.91 Å². The van der Waals surface area contributed by atoms with Gasteiger partial charge in [-0.15, -0.1) is 0 Å². The highest BCUT2D eigenvalue weighted by Gasteiger charge is 2.28. The van der Waals surface area contributed by atoms with Crippen molar-refractivity contribution in [2.45, 2.75) is 25.4 Å². The van der Waals surface area contributed by atoms with E-state index in [9.17, 15) is 4.79 Å². The van der Waals surface area contributed by atoms with Crippen LogP contribution in [0.3, 0.4) is 0 Å². The van der Waals surface area contributed by atoms with Crippen molar-refractivity contribution in [3.05, 3.63) is 54.1 Å². The van der Waals surface area contributed by atoms with Crippen molar-refractivity contribution in [2.24, 2.45) is 0 Å². The number of fused-ring (bicyclic) bond motifs is 1. The van der Waals surface area contributed by atoms with Crippen molar-refractivity contribution < 1.29 is 4.79 Å². The number of amides is 1. The number of aromatic nitrogens is 2. The fourth-order valence-electron chi connectivity index (χ4n) is 3.66. The maximum atomic E-state index is 12.6. The van der Waals surface area contributed by atoms with Crippen LogP contribution in [0.4, 0.5) is 0 Å². The fraction of sp³-hybridized carbons (Fsp3) is 0.444. The Kier molecular flexibility index (Phi) is 3.87. The predicted molar refractivity (Wildman–Crippen MR) is 87.9 cm³/mol. The fourth-order valence-corrected chi connectivity index (χ4v) is 3.66. The third-order valence-corrected chi connectivity index (χ3v) is 5.02. The van der Waals surface area contributed by atoms with Crippen molar-refractivity contribution in [1.29, 1.82) is 0 Å². The van der Waals surface area contributed by atoms with E-state index in [1.807, 2.05) is 17.4 Å². The lowest BCUT2D eigenvalue weighted by Crippen LogP contribution is -2.43. The lowest BCUT2D eigenvalue weighted by molar-refractivity contribution is -0.133. The second-order valence-corrected chi connectivity index (χ2v) is 6.53. The second-order valence-electron chi connectivity index (χ2n) is 6.53. The molecule has 120 valence electrons. The van der Waals surface area contributed by atoms with Crippen molar-refractivity contribution in [3.63, 3.8) is 0 Å². The van der Waals surface area contributed by atoms with E-state index >= 15 is 0 Å². The predicted octanol–water partition coefficient (Wildman–Crippen LogP) is 1.71. The molecule has 1 amide bonds. The van der Waals surface area contributed by atoms with Crippen molar-refractivity contribution in [1.82, 2.24) is 19.4 Å². The number of nitrogens with zero attached hydrogens (tertiary/aromatic N) is 4. The van der Waals surface area contributed by atoms with Crippen molar-refractivity contribution in [2.75, 3.05) is 26.2 Å². The van der Waals surface area contributed by atoms with Crippen LogP contribution in [0.15, 0.2) is 42.9 Å². The summed E-state index contributed by atoms with van der Waals surface area (Å²) in [5.41, 5.74) is 2.53. The topological polar surface area (TPSA) is 41.4 Å². The summed E-state index contributed by atoms with van der Waals surface area (Å²) >= 11 is 0. The van der Waals surface area contributed by atoms with Gasteiger partial charge in [0.25, 0.3) is 0 Å². The molecule has 2 aliphatic heterocycles. The first-order valence-electron chi connectivity index (χ1n) is 8.33. The molecule has 0 saturated carbocycles. The van der Waals surface area contributed by atoms with Crippen LogP contribution >= 0.6 is 0 Å². The van der Waals surface area contributed by atoms with Gasteiger partial charge in [0.1, 0.15) is 0 Å². The molecule has 2 aromatic rings. The summed E-state index contributed by atoms with van der Waals surface area (Å²) in [4.78, 5) is 21.0. The lowest BCUT2D eigenvalue weighted by atomic mass is 9.99. The van der Waals surface area contributed by atoms with E-state index in [0.29, 0.717) is 19.0 Å². The van der Waals surface area contributed by atoms with Gasteiger partial charge >= 0.3 is 0 Å². The van der Waals surface area contributed by atoms with Crippen LogP contribution in [-0.4, -0.2) is 51.4 Å². The van der Waals surface area contributed by atoms with Crippen molar-refractivity contribution in [3.8, 4) is 0 Å². The van der Waals surface area contributed by atoms with E-state index < -0.39 is 0 Å². The van der Waals surface area contributed by atoms with Crippen LogP contribution in [0.25, 0.3) is 0 Å². The molecule has 3 heterocycles.